The summed E-state index contributed by atoms with van der Waals surface area (Å²) in [4.78, 5) is 0. The second-order valence-electron chi connectivity index (χ2n) is 6.25. The van der Waals surface area contributed by atoms with Crippen molar-refractivity contribution in [2.24, 2.45) is 5.41 Å². The van der Waals surface area contributed by atoms with Crippen LogP contribution in [0.3, 0.4) is 0 Å². The van der Waals surface area contributed by atoms with E-state index in [9.17, 15) is 13.9 Å². The van der Waals surface area contributed by atoms with Crippen LogP contribution in [0.25, 0.3) is 5.69 Å². The van der Waals surface area contributed by atoms with Crippen LogP contribution in [-0.4, -0.2) is 9.67 Å². The molecule has 1 heterocycles. The molecular weight excluding hydrogens is 260 g/mol. The highest BCUT2D eigenvalue weighted by Gasteiger charge is 2.33. The smallest absolute Gasteiger partial charge is 0.160 e. The Balaban J connectivity index is 2.10. The van der Waals surface area contributed by atoms with Crippen molar-refractivity contribution in [1.29, 1.82) is 0 Å². The molecule has 1 unspecified atom stereocenters. The van der Waals surface area contributed by atoms with Crippen molar-refractivity contribution in [3.05, 3.63) is 53.4 Å². The van der Waals surface area contributed by atoms with Crippen LogP contribution in [0.15, 0.2) is 30.5 Å². The molecule has 0 radical (unpaired) electrons. The molecule has 3 rings (SSSR count). The molecule has 1 aliphatic rings. The summed E-state index contributed by atoms with van der Waals surface area (Å²) in [6, 6.07) is 5.72. The van der Waals surface area contributed by atoms with E-state index in [1.54, 1.807) is 6.07 Å². The first kappa shape index (κ1) is 13.3. The maximum absolute atomic E-state index is 13.4. The Morgan fingerprint density at radius 2 is 1.95 bits per heavy atom. The number of aliphatic hydroxyl groups excluding tert-OH is 1. The van der Waals surface area contributed by atoms with Gasteiger partial charge in [0.25, 0.3) is 0 Å². The number of aliphatic hydroxyl groups is 1. The summed E-state index contributed by atoms with van der Waals surface area (Å²) in [5, 5.41) is 10.2. The van der Waals surface area contributed by atoms with Crippen LogP contribution in [0.1, 0.15) is 37.6 Å². The molecule has 106 valence electrons. The molecular formula is C16H17F2NO. The Hall–Kier alpha value is -1.68. The number of benzene rings is 1. The third-order valence-electron chi connectivity index (χ3n) is 3.96. The Kier molecular flexibility index (Phi) is 2.94. The predicted octanol–water partition coefficient (Wildman–Crippen LogP) is 3.76. The number of fused-ring (bicyclic) bond motifs is 1. The van der Waals surface area contributed by atoms with Gasteiger partial charge in [0.2, 0.25) is 0 Å². The summed E-state index contributed by atoms with van der Waals surface area (Å²) in [6.45, 7) is 4.20. The van der Waals surface area contributed by atoms with Crippen molar-refractivity contribution in [2.75, 3.05) is 0 Å². The van der Waals surface area contributed by atoms with Crippen molar-refractivity contribution < 1.29 is 13.9 Å². The summed E-state index contributed by atoms with van der Waals surface area (Å²) in [5.74, 6) is -1.71. The number of aromatic nitrogens is 1. The van der Waals surface area contributed by atoms with Crippen LogP contribution in [0.2, 0.25) is 0 Å². The average Bonchev–Trinajstić information content (AvgIpc) is 2.75. The van der Waals surface area contributed by atoms with Crippen LogP contribution in [0, 0.1) is 17.0 Å². The molecule has 2 nitrogen and oxygen atoms in total. The lowest BCUT2D eigenvalue weighted by molar-refractivity contribution is 0.0987. The highest BCUT2D eigenvalue weighted by Crippen LogP contribution is 2.41. The van der Waals surface area contributed by atoms with Crippen molar-refractivity contribution in [3.8, 4) is 5.69 Å². The summed E-state index contributed by atoms with van der Waals surface area (Å²) >= 11 is 0. The van der Waals surface area contributed by atoms with Crippen LogP contribution < -0.4 is 0 Å². The fourth-order valence-corrected chi connectivity index (χ4v) is 3.01. The van der Waals surface area contributed by atoms with Crippen molar-refractivity contribution >= 4 is 0 Å². The highest BCUT2D eigenvalue weighted by atomic mass is 19.2. The molecule has 0 saturated carbocycles. The van der Waals surface area contributed by atoms with Gasteiger partial charge in [0.05, 0.1) is 6.10 Å². The van der Waals surface area contributed by atoms with Gasteiger partial charge in [0.1, 0.15) is 0 Å². The zero-order chi connectivity index (χ0) is 14.5. The lowest BCUT2D eigenvalue weighted by atomic mass is 9.75. The zero-order valence-corrected chi connectivity index (χ0v) is 11.5. The van der Waals surface area contributed by atoms with E-state index in [4.69, 9.17) is 0 Å². The quantitative estimate of drug-likeness (QED) is 0.843. The Morgan fingerprint density at radius 3 is 2.65 bits per heavy atom. The molecule has 1 atom stereocenters. The van der Waals surface area contributed by atoms with Gasteiger partial charge in [-0.25, -0.2) is 8.78 Å². The molecule has 0 spiro atoms. The third kappa shape index (κ3) is 2.14. The molecule has 0 aliphatic heterocycles. The van der Waals surface area contributed by atoms with Gasteiger partial charge in [-0.3, -0.25) is 0 Å². The van der Waals surface area contributed by atoms with Gasteiger partial charge in [-0.05, 0) is 36.5 Å². The first-order chi connectivity index (χ1) is 9.37. The fourth-order valence-electron chi connectivity index (χ4n) is 3.01. The minimum atomic E-state index is -0.861. The van der Waals surface area contributed by atoms with Gasteiger partial charge < -0.3 is 9.67 Å². The first-order valence-corrected chi connectivity index (χ1v) is 6.71. The van der Waals surface area contributed by atoms with Crippen molar-refractivity contribution in [1.82, 2.24) is 4.57 Å². The molecule has 2 aromatic rings. The molecule has 0 amide bonds. The number of rotatable bonds is 1. The molecule has 1 aromatic heterocycles. The van der Waals surface area contributed by atoms with Gasteiger partial charge in [-0.2, -0.15) is 0 Å². The third-order valence-corrected chi connectivity index (χ3v) is 3.96. The second-order valence-corrected chi connectivity index (χ2v) is 6.25. The summed E-state index contributed by atoms with van der Waals surface area (Å²) in [6.07, 6.45) is 2.81. The lowest BCUT2D eigenvalue weighted by Crippen LogP contribution is -2.26. The molecule has 1 aromatic carbocycles. The van der Waals surface area contributed by atoms with E-state index < -0.39 is 17.7 Å². The minimum absolute atomic E-state index is 0.0128. The molecule has 0 fully saturated rings. The SMILES string of the molecule is CC1(C)Cc2c(ccn2-c2ccc(F)c(F)c2)C(O)C1. The van der Waals surface area contributed by atoms with E-state index in [-0.39, 0.29) is 5.41 Å². The van der Waals surface area contributed by atoms with Gasteiger partial charge >= 0.3 is 0 Å². The number of halogens is 2. The minimum Gasteiger partial charge on any atom is -0.388 e. The topological polar surface area (TPSA) is 25.2 Å². The molecule has 1 aliphatic carbocycles. The highest BCUT2D eigenvalue weighted by molar-refractivity contribution is 5.41. The average molecular weight is 277 g/mol. The van der Waals surface area contributed by atoms with Crippen LogP contribution in [0.5, 0.6) is 0 Å². The van der Waals surface area contributed by atoms with E-state index in [1.807, 2.05) is 16.8 Å². The standard InChI is InChI=1S/C16H17F2NO/c1-16(2)8-14-11(15(20)9-16)5-6-19(14)10-3-4-12(17)13(18)7-10/h3-7,15,20H,8-9H2,1-2H3. The predicted molar refractivity (Wildman–Crippen MR) is 72.7 cm³/mol. The van der Waals surface area contributed by atoms with Gasteiger partial charge in [0.15, 0.2) is 11.6 Å². The normalized spacial score (nSPS) is 20.8. The lowest BCUT2D eigenvalue weighted by Gasteiger charge is -2.33. The number of nitrogens with zero attached hydrogens (tertiary/aromatic N) is 1. The maximum atomic E-state index is 13.4. The molecule has 0 bridgehead atoms. The summed E-state index contributed by atoms with van der Waals surface area (Å²) in [7, 11) is 0. The van der Waals surface area contributed by atoms with Crippen LogP contribution in [-0.2, 0) is 6.42 Å². The monoisotopic (exact) mass is 277 g/mol. The molecule has 0 saturated heterocycles. The van der Waals surface area contributed by atoms with E-state index in [0.717, 1.165) is 23.7 Å². The molecule has 4 heteroatoms. The number of hydrogen-bond donors (Lipinski definition) is 1. The van der Waals surface area contributed by atoms with E-state index >= 15 is 0 Å². The Labute approximate surface area is 116 Å². The zero-order valence-electron chi connectivity index (χ0n) is 11.5. The molecule has 1 N–H and O–H groups in total. The van der Waals surface area contributed by atoms with Crippen LogP contribution >= 0.6 is 0 Å². The van der Waals surface area contributed by atoms with Gasteiger partial charge in [-0.1, -0.05) is 13.8 Å². The van der Waals surface area contributed by atoms with Gasteiger partial charge in [0, 0.05) is 29.2 Å². The van der Waals surface area contributed by atoms with Crippen molar-refractivity contribution in [3.63, 3.8) is 0 Å². The maximum Gasteiger partial charge on any atom is 0.160 e. The van der Waals surface area contributed by atoms with E-state index in [2.05, 4.69) is 13.8 Å². The Bertz CT molecular complexity index is 660. The van der Waals surface area contributed by atoms with Gasteiger partial charge in [-0.15, -0.1) is 0 Å². The number of hydrogen-bond acceptors (Lipinski definition) is 1. The summed E-state index contributed by atoms with van der Waals surface area (Å²) in [5.41, 5.74) is 2.42. The largest absolute Gasteiger partial charge is 0.388 e. The second kappa shape index (κ2) is 4.42. The van der Waals surface area contributed by atoms with E-state index in [1.165, 1.54) is 6.07 Å². The first-order valence-electron chi connectivity index (χ1n) is 6.71. The van der Waals surface area contributed by atoms with Crippen molar-refractivity contribution in [2.45, 2.75) is 32.8 Å². The van der Waals surface area contributed by atoms with E-state index in [0.29, 0.717) is 12.1 Å². The fraction of sp³-hybridized carbons (Fsp3) is 0.375. The Morgan fingerprint density at radius 1 is 1.20 bits per heavy atom. The molecule has 20 heavy (non-hydrogen) atoms. The van der Waals surface area contributed by atoms with Crippen LogP contribution in [0.4, 0.5) is 8.78 Å². The summed E-state index contributed by atoms with van der Waals surface area (Å²) < 4.78 is 28.3.